The van der Waals surface area contributed by atoms with E-state index >= 15 is 0 Å². The molecule has 2 aromatic carbocycles. The van der Waals surface area contributed by atoms with Crippen LogP contribution in [0, 0.1) is 5.92 Å². The number of carbonyl (C=O) groups excluding carboxylic acids is 2. The summed E-state index contributed by atoms with van der Waals surface area (Å²) in [5, 5.41) is 12.3. The van der Waals surface area contributed by atoms with E-state index in [1.54, 1.807) is 4.90 Å². The van der Waals surface area contributed by atoms with Gasteiger partial charge in [-0.1, -0.05) is 48.5 Å². The molecule has 3 aliphatic rings. The fourth-order valence-electron chi connectivity index (χ4n) is 6.11. The number of carboxylic acid groups (broad SMARTS) is 1. The third kappa shape index (κ3) is 4.27. The van der Waals surface area contributed by atoms with Crippen molar-refractivity contribution in [1.82, 2.24) is 15.1 Å². The summed E-state index contributed by atoms with van der Waals surface area (Å²) in [6, 6.07) is 15.0. The Labute approximate surface area is 204 Å². The molecule has 0 spiro atoms. The second-order valence-corrected chi connectivity index (χ2v) is 10.0. The number of alkyl carbamates (subject to hydrolysis) is 1. The average molecular weight is 478 g/mol. The van der Waals surface area contributed by atoms with Gasteiger partial charge in [0, 0.05) is 24.5 Å². The summed E-state index contributed by atoms with van der Waals surface area (Å²) in [5.74, 6) is -1.69. The van der Waals surface area contributed by atoms with Crippen molar-refractivity contribution in [3.8, 4) is 11.1 Å². The van der Waals surface area contributed by atoms with Crippen LogP contribution in [0.15, 0.2) is 48.5 Å². The van der Waals surface area contributed by atoms with E-state index in [1.165, 1.54) is 0 Å². The number of benzene rings is 2. The normalized spacial score (nSPS) is 23.2. The molecule has 2 heterocycles. The van der Waals surface area contributed by atoms with Gasteiger partial charge in [0.2, 0.25) is 5.91 Å². The molecule has 2 N–H and O–H groups in total. The molecule has 184 valence electrons. The maximum absolute atomic E-state index is 13.5. The maximum atomic E-state index is 13.5. The van der Waals surface area contributed by atoms with Gasteiger partial charge in [-0.3, -0.25) is 9.59 Å². The molecule has 0 saturated carbocycles. The lowest BCUT2D eigenvalue weighted by Crippen LogP contribution is -2.54. The number of rotatable bonds is 7. The monoisotopic (exact) mass is 477 g/mol. The lowest BCUT2D eigenvalue weighted by Gasteiger charge is -2.30. The molecule has 5 rings (SSSR count). The van der Waals surface area contributed by atoms with Crippen LogP contribution < -0.4 is 5.32 Å². The fraction of sp³-hybridized carbons (Fsp3) is 0.444. The Morgan fingerprint density at radius 3 is 2.26 bits per heavy atom. The van der Waals surface area contributed by atoms with Crippen molar-refractivity contribution in [3.05, 3.63) is 59.7 Å². The van der Waals surface area contributed by atoms with Gasteiger partial charge in [-0.15, -0.1) is 0 Å². The van der Waals surface area contributed by atoms with E-state index in [0.29, 0.717) is 19.4 Å². The second-order valence-electron chi connectivity index (χ2n) is 10.0. The zero-order chi connectivity index (χ0) is 24.7. The lowest BCUT2D eigenvalue weighted by atomic mass is 9.89. The number of carbonyl (C=O) groups is 3. The first kappa shape index (κ1) is 23.4. The molecule has 2 bridgehead atoms. The molecule has 2 saturated heterocycles. The van der Waals surface area contributed by atoms with Gasteiger partial charge < -0.3 is 25.0 Å². The maximum Gasteiger partial charge on any atom is 0.407 e. The summed E-state index contributed by atoms with van der Waals surface area (Å²) in [7, 11) is 3.66. The average Bonchev–Trinajstić information content (AvgIpc) is 3.51. The zero-order valence-corrected chi connectivity index (χ0v) is 20.0. The number of nitrogens with one attached hydrogen (secondary N) is 1. The van der Waals surface area contributed by atoms with Gasteiger partial charge in [-0.05, 0) is 55.6 Å². The van der Waals surface area contributed by atoms with Gasteiger partial charge in [0.1, 0.15) is 12.6 Å². The molecule has 8 nitrogen and oxygen atoms in total. The van der Waals surface area contributed by atoms with Crippen LogP contribution >= 0.6 is 0 Å². The summed E-state index contributed by atoms with van der Waals surface area (Å²) < 4.78 is 5.66. The third-order valence-electron chi connectivity index (χ3n) is 7.59. The molecule has 35 heavy (non-hydrogen) atoms. The zero-order valence-electron chi connectivity index (χ0n) is 20.0. The largest absolute Gasteiger partial charge is 0.481 e. The Morgan fingerprint density at radius 1 is 1.06 bits per heavy atom. The first-order chi connectivity index (χ1) is 16.8. The lowest BCUT2D eigenvalue weighted by molar-refractivity contribution is -0.143. The van der Waals surface area contributed by atoms with Crippen LogP contribution in [0.1, 0.15) is 36.3 Å². The number of amides is 2. The second kappa shape index (κ2) is 9.34. The molecule has 2 aliphatic heterocycles. The number of nitrogens with zero attached hydrogens (tertiary/aromatic N) is 2. The van der Waals surface area contributed by atoms with Crippen LogP contribution in [0.25, 0.3) is 11.1 Å². The molecule has 2 amide bonds. The van der Waals surface area contributed by atoms with Crippen molar-refractivity contribution in [2.75, 3.05) is 27.2 Å². The number of hydrogen-bond acceptors (Lipinski definition) is 5. The summed E-state index contributed by atoms with van der Waals surface area (Å²) in [4.78, 5) is 41.5. The Kier molecular flexibility index (Phi) is 6.23. The molecule has 0 unspecified atom stereocenters. The molecular weight excluding hydrogens is 446 g/mol. The first-order valence-corrected chi connectivity index (χ1v) is 12.2. The number of carboxylic acids is 1. The Balaban J connectivity index is 1.27. The van der Waals surface area contributed by atoms with Crippen molar-refractivity contribution >= 4 is 18.0 Å². The smallest absolute Gasteiger partial charge is 0.407 e. The molecular formula is C27H31N3O5. The van der Waals surface area contributed by atoms with Gasteiger partial charge >= 0.3 is 12.1 Å². The van der Waals surface area contributed by atoms with Gasteiger partial charge in [0.25, 0.3) is 0 Å². The van der Waals surface area contributed by atoms with E-state index in [4.69, 9.17) is 4.74 Å². The van der Waals surface area contributed by atoms with E-state index < -0.39 is 24.0 Å². The Morgan fingerprint density at radius 2 is 1.69 bits per heavy atom. The van der Waals surface area contributed by atoms with Crippen LogP contribution in [0.5, 0.6) is 0 Å². The highest BCUT2D eigenvalue weighted by molar-refractivity contribution is 5.88. The number of ether oxygens (including phenoxy) is 1. The third-order valence-corrected chi connectivity index (χ3v) is 7.59. The van der Waals surface area contributed by atoms with Crippen LogP contribution in [-0.4, -0.2) is 78.2 Å². The number of likely N-dealkylation sites (N-methyl/N-ethyl adjacent to an activating group) is 1. The fourth-order valence-corrected chi connectivity index (χ4v) is 6.11. The quantitative estimate of drug-likeness (QED) is 0.636. The minimum absolute atomic E-state index is 0.0677. The van der Waals surface area contributed by atoms with Crippen molar-refractivity contribution < 1.29 is 24.2 Å². The van der Waals surface area contributed by atoms with Gasteiger partial charge in [-0.25, -0.2) is 4.79 Å². The summed E-state index contributed by atoms with van der Waals surface area (Å²) in [6.07, 6.45) is 1.33. The van der Waals surface area contributed by atoms with Crippen molar-refractivity contribution in [2.24, 2.45) is 5.92 Å². The van der Waals surface area contributed by atoms with Crippen LogP contribution in [0.4, 0.5) is 4.79 Å². The van der Waals surface area contributed by atoms with Crippen molar-refractivity contribution in [2.45, 2.75) is 43.3 Å². The van der Waals surface area contributed by atoms with E-state index in [0.717, 1.165) is 28.7 Å². The topological polar surface area (TPSA) is 99.2 Å². The SMILES string of the molecule is CN(C)C[C@H](NC(=O)OCC1c2ccccc2-c2ccccc21)C(=O)N1[C@@H]2CC[C@H]1[C@@H](C(=O)O)C2. The van der Waals surface area contributed by atoms with Gasteiger partial charge in [0.05, 0.1) is 5.92 Å². The van der Waals surface area contributed by atoms with Gasteiger partial charge in [0.15, 0.2) is 0 Å². The van der Waals surface area contributed by atoms with Crippen molar-refractivity contribution in [3.63, 3.8) is 0 Å². The van der Waals surface area contributed by atoms with Crippen LogP contribution in [0.2, 0.25) is 0 Å². The minimum Gasteiger partial charge on any atom is -0.481 e. The summed E-state index contributed by atoms with van der Waals surface area (Å²) >= 11 is 0. The van der Waals surface area contributed by atoms with Crippen molar-refractivity contribution in [1.29, 1.82) is 0 Å². The summed E-state index contributed by atoms with van der Waals surface area (Å²) in [6.45, 7) is 0.468. The standard InChI is InChI=1S/C27H31N3O5/c1-29(2)14-23(25(31)30-16-11-12-24(30)21(13-16)26(32)33)28-27(34)35-15-22-19-9-5-3-7-17(19)18-8-4-6-10-20(18)22/h3-10,16,21-24H,11-15H2,1-2H3,(H,28,34)(H,32,33)/t16-,21+,23+,24+/m1/s1. The number of hydrogen-bond donors (Lipinski definition) is 2. The van der Waals surface area contributed by atoms with E-state index in [2.05, 4.69) is 29.6 Å². The van der Waals surface area contributed by atoms with Crippen LogP contribution in [-0.2, 0) is 14.3 Å². The predicted octanol–water partition coefficient (Wildman–Crippen LogP) is 2.92. The predicted molar refractivity (Wildman–Crippen MR) is 130 cm³/mol. The van der Waals surface area contributed by atoms with E-state index in [1.807, 2.05) is 43.3 Å². The number of aliphatic carboxylic acids is 1. The molecule has 2 aromatic rings. The Hall–Kier alpha value is -3.39. The molecule has 8 heteroatoms. The molecule has 1 aliphatic carbocycles. The highest BCUT2D eigenvalue weighted by Gasteiger charge is 2.52. The molecule has 0 aromatic heterocycles. The summed E-state index contributed by atoms with van der Waals surface area (Å²) in [5.41, 5.74) is 4.54. The minimum atomic E-state index is -0.858. The van der Waals surface area contributed by atoms with E-state index in [-0.39, 0.29) is 30.5 Å². The highest BCUT2D eigenvalue weighted by Crippen LogP contribution is 2.45. The van der Waals surface area contributed by atoms with Gasteiger partial charge in [-0.2, -0.15) is 0 Å². The molecule has 2 fully saturated rings. The van der Waals surface area contributed by atoms with E-state index in [9.17, 15) is 19.5 Å². The highest BCUT2D eigenvalue weighted by atomic mass is 16.5. The molecule has 4 atom stereocenters. The number of fused-ring (bicyclic) bond motifs is 5. The molecule has 0 radical (unpaired) electrons. The first-order valence-electron chi connectivity index (χ1n) is 12.2. The Bertz CT molecular complexity index is 1100. The van der Waals surface area contributed by atoms with Crippen LogP contribution in [0.3, 0.4) is 0 Å².